The molecule has 0 amide bonds. The molecule has 0 aliphatic carbocycles. The average molecular weight is 503 g/mol. The van der Waals surface area contributed by atoms with Gasteiger partial charge in [-0.2, -0.15) is 0 Å². The van der Waals surface area contributed by atoms with Crippen LogP contribution in [0.2, 0.25) is 0 Å². The Morgan fingerprint density at radius 3 is 1.41 bits per heavy atom. The number of ether oxygens (including phenoxy) is 5. The van der Waals surface area contributed by atoms with Gasteiger partial charge in [0, 0.05) is 0 Å². The van der Waals surface area contributed by atoms with Gasteiger partial charge >= 0.3 is 17.9 Å². The van der Waals surface area contributed by atoms with E-state index in [1.165, 1.54) is 24.3 Å². The summed E-state index contributed by atoms with van der Waals surface area (Å²) in [6.07, 6.45) is -2.28. The first kappa shape index (κ1) is 24.7. The summed E-state index contributed by atoms with van der Waals surface area (Å²) in [5, 5.41) is 0. The summed E-state index contributed by atoms with van der Waals surface area (Å²) in [7, 11) is 0. The van der Waals surface area contributed by atoms with Crippen molar-refractivity contribution in [2.45, 2.75) is 38.3 Å². The maximum absolute atomic E-state index is 12.7. The first-order chi connectivity index (χ1) is 17.9. The number of esters is 3. The number of hydrogen-bond donors (Lipinski definition) is 0. The van der Waals surface area contributed by atoms with E-state index in [-0.39, 0.29) is 13.2 Å². The van der Waals surface area contributed by atoms with Gasteiger partial charge < -0.3 is 23.7 Å². The van der Waals surface area contributed by atoms with Crippen LogP contribution >= 0.6 is 0 Å². The monoisotopic (exact) mass is 502 g/mol. The van der Waals surface area contributed by atoms with Gasteiger partial charge in [0.1, 0.15) is 18.0 Å². The van der Waals surface area contributed by atoms with E-state index in [0.717, 1.165) is 11.1 Å². The van der Waals surface area contributed by atoms with Crippen molar-refractivity contribution in [1.29, 1.82) is 0 Å². The van der Waals surface area contributed by atoms with Crippen LogP contribution in [0.3, 0.4) is 0 Å². The lowest BCUT2D eigenvalue weighted by Crippen LogP contribution is -2.36. The van der Waals surface area contributed by atoms with Gasteiger partial charge in [-0.25, -0.2) is 14.4 Å². The zero-order valence-electron chi connectivity index (χ0n) is 20.4. The largest absolute Gasteiger partial charge is 0.453 e. The smallest absolute Gasteiger partial charge is 0.343 e. The number of aryl methyl sites for hydroxylation is 2. The minimum absolute atomic E-state index is 0.131. The highest BCUT2D eigenvalue weighted by Gasteiger charge is 2.51. The van der Waals surface area contributed by atoms with Gasteiger partial charge in [0.05, 0.1) is 29.9 Å². The number of carbonyl (C=O) groups excluding carboxylic acids is 3. The zero-order chi connectivity index (χ0) is 25.9. The molecule has 3 aromatic carbocycles. The third-order valence-corrected chi connectivity index (χ3v) is 6.35. The van der Waals surface area contributed by atoms with Gasteiger partial charge in [-0.3, -0.25) is 0 Å². The molecular weight excluding hydrogens is 476 g/mol. The van der Waals surface area contributed by atoms with Crippen LogP contribution in [0.5, 0.6) is 5.75 Å². The number of carbonyl (C=O) groups is 3. The normalized spacial score (nSPS) is 22.2. The Kier molecular flexibility index (Phi) is 7.03. The molecular formula is C29H26O8. The van der Waals surface area contributed by atoms with Crippen LogP contribution in [-0.2, 0) is 18.9 Å². The van der Waals surface area contributed by atoms with Crippen LogP contribution in [0.25, 0.3) is 0 Å². The molecule has 2 aliphatic rings. The fourth-order valence-corrected chi connectivity index (χ4v) is 4.25. The molecule has 0 N–H and O–H groups in total. The van der Waals surface area contributed by atoms with Gasteiger partial charge in [0.15, 0.2) is 12.2 Å². The first-order valence-corrected chi connectivity index (χ1v) is 12.0. The fourth-order valence-electron chi connectivity index (χ4n) is 4.25. The van der Waals surface area contributed by atoms with Crippen molar-refractivity contribution in [1.82, 2.24) is 0 Å². The molecule has 0 bridgehead atoms. The second-order valence-corrected chi connectivity index (χ2v) is 9.13. The molecule has 8 heteroatoms. The molecule has 37 heavy (non-hydrogen) atoms. The molecule has 3 aromatic rings. The van der Waals surface area contributed by atoms with Gasteiger partial charge in [-0.05, 0) is 62.4 Å². The Morgan fingerprint density at radius 2 is 0.973 bits per heavy atom. The highest BCUT2D eigenvalue weighted by molar-refractivity contribution is 5.92. The van der Waals surface area contributed by atoms with Crippen molar-refractivity contribution in [2.75, 3.05) is 13.2 Å². The quantitative estimate of drug-likeness (QED) is 0.368. The molecule has 0 aromatic heterocycles. The van der Waals surface area contributed by atoms with Gasteiger partial charge in [0.2, 0.25) is 0 Å². The van der Waals surface area contributed by atoms with Gasteiger partial charge in [0.25, 0.3) is 0 Å². The predicted molar refractivity (Wildman–Crippen MR) is 132 cm³/mol. The molecule has 190 valence electrons. The Morgan fingerprint density at radius 1 is 0.595 bits per heavy atom. The molecule has 0 radical (unpaired) electrons. The van der Waals surface area contributed by atoms with E-state index in [2.05, 4.69) is 0 Å². The molecule has 4 atom stereocenters. The van der Waals surface area contributed by atoms with Crippen molar-refractivity contribution < 1.29 is 38.1 Å². The molecule has 2 aliphatic heterocycles. The lowest BCUT2D eigenvalue weighted by molar-refractivity contribution is -0.0287. The number of benzene rings is 3. The lowest BCUT2D eigenvalue weighted by Gasteiger charge is -2.17. The van der Waals surface area contributed by atoms with E-state index in [0.29, 0.717) is 22.4 Å². The van der Waals surface area contributed by atoms with Crippen LogP contribution in [0.4, 0.5) is 0 Å². The van der Waals surface area contributed by atoms with Crippen LogP contribution in [0.15, 0.2) is 72.8 Å². The molecule has 8 nitrogen and oxygen atoms in total. The topological polar surface area (TPSA) is 97.4 Å². The Bertz CT molecular complexity index is 1280. The minimum atomic E-state index is -0.639. The highest BCUT2D eigenvalue weighted by atomic mass is 16.7. The molecule has 0 spiro atoms. The molecule has 2 unspecified atom stereocenters. The lowest BCUT2D eigenvalue weighted by atomic mass is 10.1. The Balaban J connectivity index is 1.14. The van der Waals surface area contributed by atoms with E-state index in [1.807, 2.05) is 38.1 Å². The molecule has 2 fully saturated rings. The Hall–Kier alpha value is -4.01. The van der Waals surface area contributed by atoms with Gasteiger partial charge in [-0.1, -0.05) is 35.4 Å². The third-order valence-electron chi connectivity index (χ3n) is 6.35. The Labute approximate surface area is 214 Å². The van der Waals surface area contributed by atoms with Crippen molar-refractivity contribution >= 4 is 17.9 Å². The van der Waals surface area contributed by atoms with Crippen molar-refractivity contribution in [2.24, 2.45) is 0 Å². The molecule has 0 saturated carbocycles. The van der Waals surface area contributed by atoms with Crippen molar-refractivity contribution in [3.63, 3.8) is 0 Å². The van der Waals surface area contributed by atoms with Crippen LogP contribution < -0.4 is 4.74 Å². The number of fused-ring (bicyclic) bond motifs is 1. The van der Waals surface area contributed by atoms with E-state index in [4.69, 9.17) is 23.7 Å². The predicted octanol–water partition coefficient (Wildman–Crippen LogP) is 4.07. The summed E-state index contributed by atoms with van der Waals surface area (Å²) < 4.78 is 28.1. The summed E-state index contributed by atoms with van der Waals surface area (Å²) in [5.41, 5.74) is 3.26. The van der Waals surface area contributed by atoms with Gasteiger partial charge in [-0.15, -0.1) is 0 Å². The summed E-state index contributed by atoms with van der Waals surface area (Å²) in [4.78, 5) is 37.5. The highest BCUT2D eigenvalue weighted by Crippen LogP contribution is 2.31. The summed E-state index contributed by atoms with van der Waals surface area (Å²) in [5.74, 6) is -1.19. The zero-order valence-corrected chi connectivity index (χ0v) is 20.4. The summed E-state index contributed by atoms with van der Waals surface area (Å²) in [6.45, 7) is 4.16. The fraction of sp³-hybridized carbons (Fsp3) is 0.276. The maximum Gasteiger partial charge on any atom is 0.343 e. The van der Waals surface area contributed by atoms with E-state index in [9.17, 15) is 14.4 Å². The van der Waals surface area contributed by atoms with E-state index < -0.39 is 42.3 Å². The number of rotatable bonds is 6. The summed E-state index contributed by atoms with van der Waals surface area (Å²) in [6, 6.07) is 20.3. The van der Waals surface area contributed by atoms with Crippen LogP contribution in [0.1, 0.15) is 42.2 Å². The minimum Gasteiger partial charge on any atom is -0.453 e. The third kappa shape index (κ3) is 5.55. The van der Waals surface area contributed by atoms with Crippen molar-refractivity contribution in [3.05, 3.63) is 101 Å². The van der Waals surface area contributed by atoms with E-state index >= 15 is 0 Å². The molecule has 2 heterocycles. The van der Waals surface area contributed by atoms with Crippen LogP contribution in [-0.4, -0.2) is 55.5 Å². The second-order valence-electron chi connectivity index (χ2n) is 9.13. The SMILES string of the molecule is Cc1ccc(C(=O)Oc2ccc(C(=O)O[C@H]3COC4C3OC[C@@H]4OC(=O)c3ccc(C)cc3)cc2)cc1. The van der Waals surface area contributed by atoms with Crippen molar-refractivity contribution in [3.8, 4) is 5.75 Å². The molecule has 5 rings (SSSR count). The maximum atomic E-state index is 12.7. The average Bonchev–Trinajstić information content (AvgIpc) is 3.48. The first-order valence-electron chi connectivity index (χ1n) is 12.0. The van der Waals surface area contributed by atoms with Crippen LogP contribution in [0, 0.1) is 13.8 Å². The second kappa shape index (κ2) is 10.5. The molecule has 2 saturated heterocycles. The van der Waals surface area contributed by atoms with E-state index in [1.54, 1.807) is 24.3 Å². The standard InChI is InChI=1S/C29H26O8/c1-17-3-7-19(8-4-17)27(30)35-22-13-11-21(12-14-22)29(32)37-24-16-34-25-23(15-33-26(24)25)36-28(31)20-9-5-18(2)6-10-20/h3-14,23-26H,15-16H2,1-2H3/t23-,24-,25?,26?/m0/s1. The summed E-state index contributed by atoms with van der Waals surface area (Å²) >= 11 is 0. The number of hydrogen-bond acceptors (Lipinski definition) is 8.